The number of hydrogen-bond acceptors (Lipinski definition) is 2. The number of carbonyl (C=O) groups excluding carboxylic acids is 1. The third-order valence-corrected chi connectivity index (χ3v) is 5.68. The Bertz CT molecular complexity index is 498. The molecule has 0 fully saturated rings. The van der Waals surface area contributed by atoms with Crippen LogP contribution in [0, 0.1) is 0 Å². The van der Waals surface area contributed by atoms with Crippen molar-refractivity contribution in [1.29, 1.82) is 0 Å². The highest BCUT2D eigenvalue weighted by Gasteiger charge is 2.01. The van der Waals surface area contributed by atoms with Crippen LogP contribution in [0.3, 0.4) is 0 Å². The molecule has 3 nitrogen and oxygen atoms in total. The van der Waals surface area contributed by atoms with Crippen LogP contribution in [0.4, 0.5) is 0 Å². The van der Waals surface area contributed by atoms with Crippen LogP contribution in [0.5, 0.6) is 5.75 Å². The van der Waals surface area contributed by atoms with Gasteiger partial charge in [-0.1, -0.05) is 109 Å². The van der Waals surface area contributed by atoms with Crippen LogP contribution in [-0.2, 0) is 11.2 Å². The van der Waals surface area contributed by atoms with Crippen LogP contribution >= 0.6 is 0 Å². The average Bonchev–Trinajstić information content (AvgIpc) is 2.72. The third kappa shape index (κ3) is 16.0. The zero-order valence-corrected chi connectivity index (χ0v) is 18.9. The predicted molar refractivity (Wildman–Crippen MR) is 124 cm³/mol. The molecule has 0 saturated heterocycles. The van der Waals surface area contributed by atoms with Crippen molar-refractivity contribution < 1.29 is 9.90 Å². The topological polar surface area (TPSA) is 49.3 Å². The normalized spacial score (nSPS) is 10.9. The molecule has 0 atom stereocenters. The third-order valence-electron chi connectivity index (χ3n) is 5.68. The van der Waals surface area contributed by atoms with Gasteiger partial charge in [0.1, 0.15) is 5.75 Å². The molecule has 0 unspecified atom stereocenters. The first kappa shape index (κ1) is 25.5. The van der Waals surface area contributed by atoms with Gasteiger partial charge in [-0.15, -0.1) is 0 Å². The SMILES string of the molecule is CCCCCCCCCCCCCCCCCC(=O)NCCc1ccc(O)cc1. The van der Waals surface area contributed by atoms with Gasteiger partial charge in [-0.05, 0) is 30.5 Å². The molecular formula is C26H45NO2. The summed E-state index contributed by atoms with van der Waals surface area (Å²) >= 11 is 0. The number of phenolic OH excluding ortho intramolecular Hbond substituents is 1. The molecule has 29 heavy (non-hydrogen) atoms. The predicted octanol–water partition coefficient (Wildman–Crippen LogP) is 7.31. The largest absolute Gasteiger partial charge is 0.508 e. The lowest BCUT2D eigenvalue weighted by Gasteiger charge is -2.06. The molecule has 0 aromatic heterocycles. The zero-order valence-electron chi connectivity index (χ0n) is 18.9. The summed E-state index contributed by atoms with van der Waals surface area (Å²) in [4.78, 5) is 11.9. The first-order valence-corrected chi connectivity index (χ1v) is 12.3. The van der Waals surface area contributed by atoms with Gasteiger partial charge in [-0.25, -0.2) is 0 Å². The van der Waals surface area contributed by atoms with E-state index in [9.17, 15) is 9.90 Å². The van der Waals surface area contributed by atoms with Crippen molar-refractivity contribution in [1.82, 2.24) is 5.32 Å². The van der Waals surface area contributed by atoms with E-state index in [1.54, 1.807) is 12.1 Å². The van der Waals surface area contributed by atoms with E-state index in [1.807, 2.05) is 12.1 Å². The minimum Gasteiger partial charge on any atom is -0.508 e. The molecule has 0 aliphatic carbocycles. The van der Waals surface area contributed by atoms with Crippen LogP contribution in [0.25, 0.3) is 0 Å². The van der Waals surface area contributed by atoms with Crippen LogP contribution in [-0.4, -0.2) is 17.6 Å². The van der Waals surface area contributed by atoms with E-state index in [2.05, 4.69) is 12.2 Å². The van der Waals surface area contributed by atoms with Gasteiger partial charge in [0.15, 0.2) is 0 Å². The quantitative estimate of drug-likeness (QED) is 0.238. The molecule has 0 bridgehead atoms. The standard InChI is InChI=1S/C26H45NO2/c1-2-3-4-5-6-7-8-9-10-11-12-13-14-15-16-17-26(29)27-23-22-24-18-20-25(28)21-19-24/h18-21,28H,2-17,22-23H2,1H3,(H,27,29). The second kappa shape index (κ2) is 18.5. The number of carbonyl (C=O) groups is 1. The van der Waals surface area contributed by atoms with E-state index in [4.69, 9.17) is 0 Å². The fraction of sp³-hybridized carbons (Fsp3) is 0.731. The number of hydrogen-bond donors (Lipinski definition) is 2. The Kier molecular flexibility index (Phi) is 16.3. The maximum atomic E-state index is 11.9. The minimum atomic E-state index is 0.165. The summed E-state index contributed by atoms with van der Waals surface area (Å²) < 4.78 is 0. The lowest BCUT2D eigenvalue weighted by atomic mass is 10.0. The molecule has 0 heterocycles. The van der Waals surface area contributed by atoms with Gasteiger partial charge in [-0.3, -0.25) is 4.79 Å². The number of benzene rings is 1. The summed E-state index contributed by atoms with van der Waals surface area (Å²) in [6.07, 6.45) is 21.7. The maximum absolute atomic E-state index is 11.9. The molecule has 0 saturated carbocycles. The lowest BCUT2D eigenvalue weighted by Crippen LogP contribution is -2.25. The monoisotopic (exact) mass is 403 g/mol. The molecule has 0 radical (unpaired) electrons. The second-order valence-corrected chi connectivity index (χ2v) is 8.47. The van der Waals surface area contributed by atoms with Gasteiger partial charge in [0.05, 0.1) is 0 Å². The first-order chi connectivity index (χ1) is 14.2. The molecular weight excluding hydrogens is 358 g/mol. The molecule has 1 aromatic carbocycles. The zero-order chi connectivity index (χ0) is 21.0. The molecule has 166 valence electrons. The van der Waals surface area contributed by atoms with Gasteiger partial charge >= 0.3 is 0 Å². The van der Waals surface area contributed by atoms with Crippen molar-refractivity contribution in [2.24, 2.45) is 0 Å². The average molecular weight is 404 g/mol. The van der Waals surface area contributed by atoms with Gasteiger partial charge < -0.3 is 10.4 Å². The summed E-state index contributed by atoms with van der Waals surface area (Å²) in [6.45, 7) is 2.95. The van der Waals surface area contributed by atoms with Crippen molar-refractivity contribution in [2.75, 3.05) is 6.54 Å². The Balaban J connectivity index is 1.79. The minimum absolute atomic E-state index is 0.165. The number of rotatable bonds is 19. The van der Waals surface area contributed by atoms with E-state index in [1.165, 1.54) is 89.9 Å². The number of unbranched alkanes of at least 4 members (excludes halogenated alkanes) is 14. The molecule has 0 aliphatic rings. The van der Waals surface area contributed by atoms with Gasteiger partial charge in [0.2, 0.25) is 5.91 Å². The van der Waals surface area contributed by atoms with Crippen LogP contribution in [0.15, 0.2) is 24.3 Å². The smallest absolute Gasteiger partial charge is 0.220 e. The van der Waals surface area contributed by atoms with Gasteiger partial charge in [0.25, 0.3) is 0 Å². The molecule has 3 heteroatoms. The summed E-state index contributed by atoms with van der Waals surface area (Å²) in [7, 11) is 0. The summed E-state index contributed by atoms with van der Waals surface area (Å²) in [5.74, 6) is 0.449. The molecule has 1 aromatic rings. The van der Waals surface area contributed by atoms with E-state index in [0.29, 0.717) is 13.0 Å². The fourth-order valence-electron chi connectivity index (χ4n) is 3.75. The molecule has 0 aliphatic heterocycles. The number of nitrogens with one attached hydrogen (secondary N) is 1. The summed E-state index contributed by atoms with van der Waals surface area (Å²) in [5.41, 5.74) is 1.13. The molecule has 0 spiro atoms. The van der Waals surface area contributed by atoms with Crippen molar-refractivity contribution >= 4 is 5.91 Å². The number of phenols is 1. The highest BCUT2D eigenvalue weighted by atomic mass is 16.3. The van der Waals surface area contributed by atoms with E-state index in [-0.39, 0.29) is 11.7 Å². The first-order valence-electron chi connectivity index (χ1n) is 12.3. The van der Waals surface area contributed by atoms with Crippen molar-refractivity contribution in [3.8, 4) is 5.75 Å². The highest BCUT2D eigenvalue weighted by molar-refractivity contribution is 5.75. The Morgan fingerprint density at radius 2 is 1.17 bits per heavy atom. The Morgan fingerprint density at radius 3 is 1.66 bits per heavy atom. The van der Waals surface area contributed by atoms with E-state index >= 15 is 0 Å². The van der Waals surface area contributed by atoms with Gasteiger partial charge in [-0.2, -0.15) is 0 Å². The highest BCUT2D eigenvalue weighted by Crippen LogP contribution is 2.14. The van der Waals surface area contributed by atoms with E-state index in [0.717, 1.165) is 18.4 Å². The molecule has 2 N–H and O–H groups in total. The Labute approximate surface area is 179 Å². The lowest BCUT2D eigenvalue weighted by molar-refractivity contribution is -0.121. The van der Waals surface area contributed by atoms with Crippen molar-refractivity contribution in [3.05, 3.63) is 29.8 Å². The van der Waals surface area contributed by atoms with Crippen molar-refractivity contribution in [3.63, 3.8) is 0 Å². The fourth-order valence-corrected chi connectivity index (χ4v) is 3.75. The summed E-state index contributed by atoms with van der Waals surface area (Å²) in [5, 5.41) is 12.3. The van der Waals surface area contributed by atoms with E-state index < -0.39 is 0 Å². The van der Waals surface area contributed by atoms with Crippen LogP contribution in [0.1, 0.15) is 115 Å². The Hall–Kier alpha value is -1.51. The van der Waals surface area contributed by atoms with Crippen LogP contribution in [0.2, 0.25) is 0 Å². The van der Waals surface area contributed by atoms with Gasteiger partial charge in [0, 0.05) is 13.0 Å². The van der Waals surface area contributed by atoms with Crippen molar-refractivity contribution in [2.45, 2.75) is 116 Å². The number of aromatic hydroxyl groups is 1. The summed E-state index contributed by atoms with van der Waals surface area (Å²) in [6, 6.07) is 7.17. The molecule has 1 amide bonds. The van der Waals surface area contributed by atoms with Crippen LogP contribution < -0.4 is 5.32 Å². The second-order valence-electron chi connectivity index (χ2n) is 8.47. The Morgan fingerprint density at radius 1 is 0.724 bits per heavy atom. The number of amides is 1. The molecule has 1 rings (SSSR count). The maximum Gasteiger partial charge on any atom is 0.220 e.